The lowest BCUT2D eigenvalue weighted by atomic mass is 10.2. The Kier molecular flexibility index (Phi) is 5.80. The van der Waals surface area contributed by atoms with Gasteiger partial charge >= 0.3 is 0 Å². The van der Waals surface area contributed by atoms with Crippen molar-refractivity contribution in [2.45, 2.75) is 11.8 Å². The molecular weight excluding hydrogens is 400 g/mol. The second-order valence-electron chi connectivity index (χ2n) is 7.43. The van der Waals surface area contributed by atoms with Crippen LogP contribution in [0.25, 0.3) is 10.9 Å². The van der Waals surface area contributed by atoms with Gasteiger partial charge in [-0.15, -0.1) is 0 Å². The number of rotatable bonds is 5. The normalized spacial score (nSPS) is 15.9. The second-order valence-corrected chi connectivity index (χ2v) is 9.34. The number of hydrogen-bond donors (Lipinski definition) is 1. The van der Waals surface area contributed by atoms with E-state index in [4.69, 9.17) is 0 Å². The van der Waals surface area contributed by atoms with Crippen LogP contribution in [0.15, 0.2) is 65.7 Å². The van der Waals surface area contributed by atoms with Crippen LogP contribution in [0.4, 0.5) is 5.69 Å². The molecule has 0 bridgehead atoms. The molecule has 3 aromatic rings. The summed E-state index contributed by atoms with van der Waals surface area (Å²) in [6.45, 7) is 3.84. The third-order valence-corrected chi connectivity index (χ3v) is 7.11. The Morgan fingerprint density at radius 3 is 2.50 bits per heavy atom. The van der Waals surface area contributed by atoms with Gasteiger partial charge in [0.05, 0.1) is 12.1 Å². The molecule has 4 rings (SSSR count). The van der Waals surface area contributed by atoms with Gasteiger partial charge in [-0.3, -0.25) is 14.7 Å². The van der Waals surface area contributed by atoms with Crippen LogP contribution in [0.1, 0.15) is 5.56 Å². The summed E-state index contributed by atoms with van der Waals surface area (Å²) in [4.78, 5) is 18.8. The fourth-order valence-electron chi connectivity index (χ4n) is 3.64. The van der Waals surface area contributed by atoms with Gasteiger partial charge in [0.15, 0.2) is 0 Å². The fourth-order valence-corrected chi connectivity index (χ4v) is 5.23. The first-order valence-electron chi connectivity index (χ1n) is 9.86. The highest BCUT2D eigenvalue weighted by Gasteiger charge is 2.30. The number of nitrogens with one attached hydrogen (secondary N) is 1. The monoisotopic (exact) mass is 424 g/mol. The first-order valence-corrected chi connectivity index (χ1v) is 11.3. The van der Waals surface area contributed by atoms with Gasteiger partial charge in [-0.1, -0.05) is 30.3 Å². The molecule has 0 atom stereocenters. The molecule has 0 aliphatic carbocycles. The van der Waals surface area contributed by atoms with Crippen molar-refractivity contribution >= 4 is 32.5 Å². The summed E-state index contributed by atoms with van der Waals surface area (Å²) in [6, 6.07) is 16.5. The van der Waals surface area contributed by atoms with E-state index in [9.17, 15) is 13.2 Å². The topological polar surface area (TPSA) is 82.6 Å². The summed E-state index contributed by atoms with van der Waals surface area (Å²) in [6.07, 6.45) is 1.69. The van der Waals surface area contributed by atoms with Crippen LogP contribution in [0.2, 0.25) is 0 Å². The lowest BCUT2D eigenvalue weighted by Crippen LogP contribution is -2.50. The zero-order valence-corrected chi connectivity index (χ0v) is 17.6. The number of aromatic nitrogens is 1. The second kappa shape index (κ2) is 8.51. The highest BCUT2D eigenvalue weighted by molar-refractivity contribution is 7.89. The van der Waals surface area contributed by atoms with E-state index in [1.807, 2.05) is 54.3 Å². The number of sulfonamides is 1. The van der Waals surface area contributed by atoms with Gasteiger partial charge < -0.3 is 5.32 Å². The average molecular weight is 425 g/mol. The summed E-state index contributed by atoms with van der Waals surface area (Å²) in [5, 5.41) is 3.67. The smallest absolute Gasteiger partial charge is 0.245 e. The molecule has 1 amide bonds. The largest absolute Gasteiger partial charge is 0.325 e. The summed E-state index contributed by atoms with van der Waals surface area (Å²) in [5.74, 6) is -0.105. The van der Waals surface area contributed by atoms with Gasteiger partial charge in [0.1, 0.15) is 4.90 Å². The van der Waals surface area contributed by atoms with Crippen LogP contribution in [0, 0.1) is 6.92 Å². The maximum absolute atomic E-state index is 13.2. The van der Waals surface area contributed by atoms with E-state index in [1.165, 1.54) is 4.31 Å². The maximum Gasteiger partial charge on any atom is 0.245 e. The average Bonchev–Trinajstić information content (AvgIpc) is 2.74. The van der Waals surface area contributed by atoms with Gasteiger partial charge in [0, 0.05) is 43.4 Å². The third kappa shape index (κ3) is 4.35. The van der Waals surface area contributed by atoms with Gasteiger partial charge in [0.2, 0.25) is 15.9 Å². The van der Waals surface area contributed by atoms with Crippen molar-refractivity contribution in [2.75, 3.05) is 38.0 Å². The van der Waals surface area contributed by atoms with E-state index in [-0.39, 0.29) is 17.3 Å². The number of amides is 1. The minimum atomic E-state index is -3.66. The van der Waals surface area contributed by atoms with Crippen LogP contribution >= 0.6 is 0 Å². The van der Waals surface area contributed by atoms with Gasteiger partial charge in [-0.05, 0) is 36.8 Å². The van der Waals surface area contributed by atoms with Crippen molar-refractivity contribution < 1.29 is 13.2 Å². The molecule has 1 N–H and O–H groups in total. The zero-order valence-electron chi connectivity index (χ0n) is 16.8. The molecule has 0 spiro atoms. The lowest BCUT2D eigenvalue weighted by molar-refractivity contribution is -0.117. The number of para-hydroxylation sites is 2. The lowest BCUT2D eigenvalue weighted by Gasteiger charge is -2.33. The minimum absolute atomic E-state index is 0.105. The van der Waals surface area contributed by atoms with Crippen molar-refractivity contribution in [2.24, 2.45) is 0 Å². The van der Waals surface area contributed by atoms with Gasteiger partial charge in [-0.2, -0.15) is 4.31 Å². The van der Waals surface area contributed by atoms with Crippen LogP contribution in [-0.2, 0) is 14.8 Å². The Morgan fingerprint density at radius 1 is 1.03 bits per heavy atom. The number of piperazine rings is 1. The Bertz CT molecular complexity index is 1160. The van der Waals surface area contributed by atoms with E-state index in [1.54, 1.807) is 18.3 Å². The van der Waals surface area contributed by atoms with E-state index < -0.39 is 10.0 Å². The molecular formula is C22H24N4O3S. The van der Waals surface area contributed by atoms with Gasteiger partial charge in [0.25, 0.3) is 0 Å². The first-order chi connectivity index (χ1) is 14.4. The molecule has 156 valence electrons. The number of fused-ring (bicyclic) bond motifs is 1. The fraction of sp³-hybridized carbons (Fsp3) is 0.273. The van der Waals surface area contributed by atoms with E-state index in [0.29, 0.717) is 31.7 Å². The summed E-state index contributed by atoms with van der Waals surface area (Å²) < 4.78 is 28.0. The van der Waals surface area contributed by atoms with Crippen molar-refractivity contribution in [3.8, 4) is 0 Å². The van der Waals surface area contributed by atoms with Crippen LogP contribution in [0.3, 0.4) is 0 Å². The first kappa shape index (κ1) is 20.5. The van der Waals surface area contributed by atoms with Gasteiger partial charge in [-0.25, -0.2) is 8.42 Å². The summed E-state index contributed by atoms with van der Waals surface area (Å²) in [5.41, 5.74) is 2.23. The summed E-state index contributed by atoms with van der Waals surface area (Å²) >= 11 is 0. The van der Waals surface area contributed by atoms with Crippen molar-refractivity contribution in [3.05, 3.63) is 66.4 Å². The number of carbonyl (C=O) groups is 1. The minimum Gasteiger partial charge on any atom is -0.325 e. The number of hydrogen-bond acceptors (Lipinski definition) is 5. The highest BCUT2D eigenvalue weighted by atomic mass is 32.2. The molecule has 30 heavy (non-hydrogen) atoms. The van der Waals surface area contributed by atoms with E-state index in [2.05, 4.69) is 10.3 Å². The van der Waals surface area contributed by atoms with E-state index >= 15 is 0 Å². The Morgan fingerprint density at radius 2 is 1.77 bits per heavy atom. The molecule has 1 aromatic heterocycles. The molecule has 2 aromatic carbocycles. The number of aryl methyl sites for hydroxylation is 1. The molecule has 8 heteroatoms. The summed E-state index contributed by atoms with van der Waals surface area (Å²) in [7, 11) is -3.66. The van der Waals surface area contributed by atoms with Crippen molar-refractivity contribution in [1.29, 1.82) is 0 Å². The predicted octanol–water partition coefficient (Wildman–Crippen LogP) is 2.49. The van der Waals surface area contributed by atoms with Crippen LogP contribution in [0.5, 0.6) is 0 Å². The SMILES string of the molecule is Cc1cnc2c(S(=O)(=O)N3CCN(CC(=O)Nc4ccccc4)CC3)cccc2c1. The molecule has 7 nitrogen and oxygen atoms in total. The number of anilines is 1. The highest BCUT2D eigenvalue weighted by Crippen LogP contribution is 2.25. The number of benzene rings is 2. The molecule has 0 unspecified atom stereocenters. The van der Waals surface area contributed by atoms with Crippen LogP contribution in [-0.4, -0.2) is 61.2 Å². The molecule has 0 saturated carbocycles. The quantitative estimate of drug-likeness (QED) is 0.681. The third-order valence-electron chi connectivity index (χ3n) is 5.18. The number of nitrogens with zero attached hydrogens (tertiary/aromatic N) is 3. The molecule has 1 fully saturated rings. The zero-order chi connectivity index (χ0) is 21.1. The Labute approximate surface area is 176 Å². The maximum atomic E-state index is 13.2. The standard InChI is InChI=1S/C22H24N4O3S/c1-17-14-18-6-5-9-20(22(18)23-15-17)30(28,29)26-12-10-25(11-13-26)16-21(27)24-19-7-3-2-4-8-19/h2-9,14-15H,10-13,16H2,1H3,(H,24,27). The van der Waals surface area contributed by atoms with Crippen LogP contribution < -0.4 is 5.32 Å². The number of pyridine rings is 1. The number of carbonyl (C=O) groups excluding carboxylic acids is 1. The molecule has 1 aliphatic rings. The van der Waals surface area contributed by atoms with Crippen molar-refractivity contribution in [1.82, 2.24) is 14.2 Å². The molecule has 1 saturated heterocycles. The van der Waals surface area contributed by atoms with Crippen molar-refractivity contribution in [3.63, 3.8) is 0 Å². The molecule has 0 radical (unpaired) electrons. The predicted molar refractivity (Wildman–Crippen MR) is 117 cm³/mol. The Balaban J connectivity index is 1.42. The molecule has 1 aliphatic heterocycles. The Hall–Kier alpha value is -2.81. The molecule has 2 heterocycles. The van der Waals surface area contributed by atoms with E-state index in [0.717, 1.165) is 16.6 Å².